The number of fused-ring (bicyclic) bond motifs is 2. The van der Waals surface area contributed by atoms with Gasteiger partial charge < -0.3 is 15.4 Å². The van der Waals surface area contributed by atoms with Crippen LogP contribution in [0.5, 0.6) is 0 Å². The Morgan fingerprint density at radius 1 is 1.27 bits per heavy atom. The molecule has 3 rings (SSSR count). The number of nitrogens with zero attached hydrogens (tertiary/aromatic N) is 1. The monoisotopic (exact) mass is 415 g/mol. The molecule has 0 aromatic heterocycles. The van der Waals surface area contributed by atoms with Crippen LogP contribution in [0, 0.1) is 0 Å². The first-order valence-electron chi connectivity index (χ1n) is 8.09. The third kappa shape index (κ3) is 4.59. The first-order chi connectivity index (χ1) is 10.3. The molecule has 2 aliphatic heterocycles. The van der Waals surface area contributed by atoms with E-state index in [1.54, 1.807) is 0 Å². The molecule has 0 amide bonds. The van der Waals surface area contributed by atoms with Crippen molar-refractivity contribution in [3.05, 3.63) is 35.9 Å². The average Bonchev–Trinajstić information content (AvgIpc) is 3.11. The molecule has 2 N–H and O–H groups in total. The zero-order valence-electron chi connectivity index (χ0n) is 13.1. The number of hydrogen-bond donors (Lipinski definition) is 2. The molecule has 2 bridgehead atoms. The highest BCUT2D eigenvalue weighted by atomic mass is 127. The molecular weight excluding hydrogens is 389 g/mol. The summed E-state index contributed by atoms with van der Waals surface area (Å²) in [6.07, 6.45) is 5.36. The van der Waals surface area contributed by atoms with Gasteiger partial charge in [0.05, 0.1) is 18.2 Å². The van der Waals surface area contributed by atoms with Crippen LogP contribution in [0.3, 0.4) is 0 Å². The first kappa shape index (κ1) is 17.5. The fourth-order valence-electron chi connectivity index (χ4n) is 3.23. The van der Waals surface area contributed by atoms with E-state index >= 15 is 0 Å². The molecule has 22 heavy (non-hydrogen) atoms. The highest BCUT2D eigenvalue weighted by Crippen LogP contribution is 2.34. The number of hydrogen-bond acceptors (Lipinski definition) is 2. The number of guanidine groups is 1. The summed E-state index contributed by atoms with van der Waals surface area (Å²) in [5.74, 6) is 0.926. The van der Waals surface area contributed by atoms with Gasteiger partial charge in [-0.3, -0.25) is 4.99 Å². The number of nitrogens with one attached hydrogen (secondary N) is 2. The van der Waals surface area contributed by atoms with Gasteiger partial charge in [0.2, 0.25) is 0 Å². The second kappa shape index (κ2) is 8.72. The SMILES string of the molecule is CCNC(=NCCc1ccccc1)NC1CC2CCC1O2.I. The maximum absolute atomic E-state index is 5.89. The molecule has 0 spiro atoms. The van der Waals surface area contributed by atoms with Crippen molar-refractivity contribution in [3.8, 4) is 0 Å². The lowest BCUT2D eigenvalue weighted by Crippen LogP contribution is -2.47. The van der Waals surface area contributed by atoms with Gasteiger partial charge >= 0.3 is 0 Å². The number of benzene rings is 1. The molecule has 3 unspecified atom stereocenters. The number of aliphatic imine (C=N–C) groups is 1. The first-order valence-corrected chi connectivity index (χ1v) is 8.09. The zero-order valence-corrected chi connectivity index (χ0v) is 15.5. The Balaban J connectivity index is 0.00000176. The summed E-state index contributed by atoms with van der Waals surface area (Å²) >= 11 is 0. The van der Waals surface area contributed by atoms with E-state index in [4.69, 9.17) is 9.73 Å². The second-order valence-electron chi connectivity index (χ2n) is 5.86. The maximum Gasteiger partial charge on any atom is 0.191 e. The molecule has 0 aliphatic carbocycles. The van der Waals surface area contributed by atoms with Gasteiger partial charge in [-0.15, -0.1) is 24.0 Å². The summed E-state index contributed by atoms with van der Waals surface area (Å²) in [5.41, 5.74) is 1.33. The van der Waals surface area contributed by atoms with Gasteiger partial charge in [0.15, 0.2) is 5.96 Å². The van der Waals surface area contributed by atoms with E-state index in [9.17, 15) is 0 Å². The molecule has 0 radical (unpaired) electrons. The minimum absolute atomic E-state index is 0. The molecule has 2 aliphatic rings. The number of rotatable bonds is 5. The van der Waals surface area contributed by atoms with E-state index in [0.717, 1.165) is 31.9 Å². The summed E-state index contributed by atoms with van der Waals surface area (Å²) < 4.78 is 5.89. The van der Waals surface area contributed by atoms with Crippen LogP contribution in [0.15, 0.2) is 35.3 Å². The summed E-state index contributed by atoms with van der Waals surface area (Å²) in [6, 6.07) is 10.9. The molecular formula is C17H26IN3O. The lowest BCUT2D eigenvalue weighted by molar-refractivity contribution is 0.0992. The minimum Gasteiger partial charge on any atom is -0.373 e. The largest absolute Gasteiger partial charge is 0.373 e. The fourth-order valence-corrected chi connectivity index (χ4v) is 3.23. The van der Waals surface area contributed by atoms with Gasteiger partial charge in [0, 0.05) is 13.1 Å². The Kier molecular flexibility index (Phi) is 6.95. The minimum atomic E-state index is 0. The van der Waals surface area contributed by atoms with Crippen molar-refractivity contribution in [2.45, 2.75) is 50.9 Å². The molecule has 2 saturated heterocycles. The lowest BCUT2D eigenvalue weighted by atomic mass is 9.96. The van der Waals surface area contributed by atoms with Crippen LogP contribution in [0.1, 0.15) is 31.7 Å². The Morgan fingerprint density at radius 3 is 2.73 bits per heavy atom. The van der Waals surface area contributed by atoms with Crippen LogP contribution in [0.4, 0.5) is 0 Å². The standard InChI is InChI=1S/C17H25N3O.HI/c1-2-18-17(19-11-10-13-6-4-3-5-7-13)20-15-12-14-8-9-16(15)21-14;/h3-7,14-16H,2,8-12H2,1H3,(H2,18,19,20);1H. The summed E-state index contributed by atoms with van der Waals surface area (Å²) in [4.78, 5) is 4.69. The van der Waals surface area contributed by atoms with Crippen molar-refractivity contribution in [3.63, 3.8) is 0 Å². The summed E-state index contributed by atoms with van der Waals surface area (Å²) in [6.45, 7) is 3.80. The van der Waals surface area contributed by atoms with E-state index in [-0.39, 0.29) is 24.0 Å². The smallest absolute Gasteiger partial charge is 0.191 e. The van der Waals surface area contributed by atoms with E-state index < -0.39 is 0 Å². The molecule has 0 saturated carbocycles. The molecule has 1 aromatic rings. The van der Waals surface area contributed by atoms with Gasteiger partial charge in [-0.1, -0.05) is 30.3 Å². The normalized spacial score (nSPS) is 26.6. The van der Waals surface area contributed by atoms with Crippen LogP contribution >= 0.6 is 24.0 Å². The highest BCUT2D eigenvalue weighted by molar-refractivity contribution is 14.0. The van der Waals surface area contributed by atoms with Gasteiger partial charge in [-0.25, -0.2) is 0 Å². The predicted octanol–water partition coefficient (Wildman–Crippen LogP) is 2.72. The molecule has 3 atom stereocenters. The van der Waals surface area contributed by atoms with E-state index in [0.29, 0.717) is 18.2 Å². The van der Waals surface area contributed by atoms with E-state index in [1.807, 2.05) is 6.07 Å². The van der Waals surface area contributed by atoms with Crippen LogP contribution in [-0.4, -0.2) is 37.3 Å². The maximum atomic E-state index is 5.89. The van der Waals surface area contributed by atoms with E-state index in [1.165, 1.54) is 18.4 Å². The van der Waals surface area contributed by atoms with Crippen LogP contribution in [-0.2, 0) is 11.2 Å². The highest BCUT2D eigenvalue weighted by Gasteiger charge is 2.41. The average molecular weight is 415 g/mol. The molecule has 1 aromatic carbocycles. The molecule has 4 nitrogen and oxygen atoms in total. The third-order valence-corrected chi connectivity index (χ3v) is 4.29. The van der Waals surface area contributed by atoms with Gasteiger partial charge in [0.1, 0.15) is 0 Å². The molecule has 122 valence electrons. The Morgan fingerprint density at radius 2 is 2.09 bits per heavy atom. The third-order valence-electron chi connectivity index (χ3n) is 4.29. The quantitative estimate of drug-likeness (QED) is 0.442. The fraction of sp³-hybridized carbons (Fsp3) is 0.588. The predicted molar refractivity (Wildman–Crippen MR) is 101 cm³/mol. The van der Waals surface area contributed by atoms with Crippen molar-refractivity contribution >= 4 is 29.9 Å². The summed E-state index contributed by atoms with van der Waals surface area (Å²) in [7, 11) is 0. The molecule has 2 heterocycles. The van der Waals surface area contributed by atoms with Crippen molar-refractivity contribution in [1.82, 2.24) is 10.6 Å². The second-order valence-corrected chi connectivity index (χ2v) is 5.86. The van der Waals surface area contributed by atoms with Gasteiger partial charge in [-0.05, 0) is 38.2 Å². The van der Waals surface area contributed by atoms with Crippen molar-refractivity contribution in [2.75, 3.05) is 13.1 Å². The van der Waals surface area contributed by atoms with Crippen LogP contribution in [0.2, 0.25) is 0 Å². The Labute approximate surface area is 150 Å². The Bertz CT molecular complexity index is 480. The lowest BCUT2D eigenvalue weighted by Gasteiger charge is -2.22. The molecule has 5 heteroatoms. The van der Waals surface area contributed by atoms with Gasteiger partial charge in [-0.2, -0.15) is 0 Å². The molecule has 2 fully saturated rings. The van der Waals surface area contributed by atoms with Gasteiger partial charge in [0.25, 0.3) is 0 Å². The Hall–Kier alpha value is -0.820. The van der Waals surface area contributed by atoms with Crippen LogP contribution < -0.4 is 10.6 Å². The summed E-state index contributed by atoms with van der Waals surface area (Å²) in [5, 5.41) is 6.89. The topological polar surface area (TPSA) is 45.7 Å². The van der Waals surface area contributed by atoms with Crippen molar-refractivity contribution in [1.29, 1.82) is 0 Å². The number of ether oxygens (including phenoxy) is 1. The number of halogens is 1. The van der Waals surface area contributed by atoms with E-state index in [2.05, 4.69) is 41.8 Å². The van der Waals surface area contributed by atoms with Crippen molar-refractivity contribution < 1.29 is 4.74 Å². The zero-order chi connectivity index (χ0) is 14.5. The van der Waals surface area contributed by atoms with Crippen LogP contribution in [0.25, 0.3) is 0 Å². The van der Waals surface area contributed by atoms with Crippen molar-refractivity contribution in [2.24, 2.45) is 4.99 Å².